The Balaban J connectivity index is 3.36. The lowest BCUT2D eigenvalue weighted by molar-refractivity contribution is 1.17. The molecule has 0 amide bonds. The van der Waals surface area contributed by atoms with Crippen LogP contribution in [0.1, 0.15) is 16.8 Å². The molecule has 1 aromatic heterocycles. The second kappa shape index (κ2) is 3.05. The SMILES string of the molecule is C=Cc1c(C)cc(C)nc1Cl. The van der Waals surface area contributed by atoms with E-state index in [9.17, 15) is 0 Å². The highest BCUT2D eigenvalue weighted by Crippen LogP contribution is 2.19. The first-order chi connectivity index (χ1) is 5.15. The lowest BCUT2D eigenvalue weighted by Gasteiger charge is -2.02. The van der Waals surface area contributed by atoms with E-state index in [1.165, 1.54) is 0 Å². The van der Waals surface area contributed by atoms with Crippen LogP contribution in [0, 0.1) is 13.8 Å². The van der Waals surface area contributed by atoms with Gasteiger partial charge in [-0.2, -0.15) is 0 Å². The van der Waals surface area contributed by atoms with Crippen molar-refractivity contribution in [2.45, 2.75) is 13.8 Å². The topological polar surface area (TPSA) is 12.9 Å². The Kier molecular flexibility index (Phi) is 2.30. The summed E-state index contributed by atoms with van der Waals surface area (Å²) < 4.78 is 0. The van der Waals surface area contributed by atoms with Crippen molar-refractivity contribution in [2.75, 3.05) is 0 Å². The molecular formula is C9H10ClN. The molecule has 0 aliphatic rings. The van der Waals surface area contributed by atoms with Gasteiger partial charge in [0.25, 0.3) is 0 Å². The summed E-state index contributed by atoms with van der Waals surface area (Å²) in [4.78, 5) is 4.10. The van der Waals surface area contributed by atoms with Gasteiger partial charge < -0.3 is 0 Å². The summed E-state index contributed by atoms with van der Waals surface area (Å²) in [7, 11) is 0. The molecule has 0 N–H and O–H groups in total. The molecule has 0 radical (unpaired) electrons. The minimum atomic E-state index is 0.539. The molecule has 0 spiro atoms. The number of nitrogens with zero attached hydrogens (tertiary/aromatic N) is 1. The molecule has 0 bridgehead atoms. The Bertz CT molecular complexity index is 269. The van der Waals surface area contributed by atoms with E-state index in [4.69, 9.17) is 11.6 Å². The van der Waals surface area contributed by atoms with Crippen molar-refractivity contribution in [1.29, 1.82) is 0 Å². The summed E-state index contributed by atoms with van der Waals surface area (Å²) in [6, 6.07) is 1.99. The van der Waals surface area contributed by atoms with Crippen LogP contribution in [0.2, 0.25) is 5.15 Å². The fourth-order valence-corrected chi connectivity index (χ4v) is 1.41. The van der Waals surface area contributed by atoms with Gasteiger partial charge in [-0.25, -0.2) is 4.98 Å². The molecule has 0 aliphatic carbocycles. The third-order valence-electron chi connectivity index (χ3n) is 1.55. The van der Waals surface area contributed by atoms with Crippen LogP contribution < -0.4 is 0 Å². The Morgan fingerprint density at radius 3 is 2.64 bits per heavy atom. The van der Waals surface area contributed by atoms with Gasteiger partial charge >= 0.3 is 0 Å². The van der Waals surface area contributed by atoms with Gasteiger partial charge in [-0.05, 0) is 25.5 Å². The minimum absolute atomic E-state index is 0.539. The normalized spacial score (nSPS) is 9.73. The number of pyridine rings is 1. The van der Waals surface area contributed by atoms with Crippen LogP contribution in [0.3, 0.4) is 0 Å². The van der Waals surface area contributed by atoms with Crippen LogP contribution in [0.4, 0.5) is 0 Å². The molecule has 58 valence electrons. The number of hydrogen-bond acceptors (Lipinski definition) is 1. The molecule has 0 fully saturated rings. The summed E-state index contributed by atoms with van der Waals surface area (Å²) in [5, 5.41) is 0.539. The van der Waals surface area contributed by atoms with Crippen LogP contribution in [-0.4, -0.2) is 4.98 Å². The fourth-order valence-electron chi connectivity index (χ4n) is 1.05. The molecule has 11 heavy (non-hydrogen) atoms. The van der Waals surface area contributed by atoms with Crippen molar-refractivity contribution in [3.8, 4) is 0 Å². The molecule has 0 saturated carbocycles. The fraction of sp³-hybridized carbons (Fsp3) is 0.222. The van der Waals surface area contributed by atoms with Crippen LogP contribution in [0.15, 0.2) is 12.6 Å². The number of halogens is 1. The van der Waals surface area contributed by atoms with Crippen LogP contribution in [0.5, 0.6) is 0 Å². The number of aromatic nitrogens is 1. The first kappa shape index (κ1) is 8.28. The summed E-state index contributed by atoms with van der Waals surface area (Å²) in [6.07, 6.45) is 1.73. The second-order valence-electron chi connectivity index (χ2n) is 2.49. The maximum absolute atomic E-state index is 5.85. The predicted octanol–water partition coefficient (Wildman–Crippen LogP) is 2.99. The van der Waals surface area contributed by atoms with Gasteiger partial charge in [-0.1, -0.05) is 24.3 Å². The number of aryl methyl sites for hydroxylation is 2. The van der Waals surface area contributed by atoms with Gasteiger partial charge in [-0.3, -0.25) is 0 Å². The van der Waals surface area contributed by atoms with E-state index in [1.807, 2.05) is 19.9 Å². The Hall–Kier alpha value is -0.820. The third kappa shape index (κ3) is 1.60. The molecule has 1 heterocycles. The highest BCUT2D eigenvalue weighted by atomic mass is 35.5. The van der Waals surface area contributed by atoms with Crippen molar-refractivity contribution in [3.63, 3.8) is 0 Å². The lowest BCUT2D eigenvalue weighted by atomic mass is 10.1. The lowest BCUT2D eigenvalue weighted by Crippen LogP contribution is -1.89. The smallest absolute Gasteiger partial charge is 0.136 e. The zero-order chi connectivity index (χ0) is 8.43. The van der Waals surface area contributed by atoms with Crippen molar-refractivity contribution in [2.24, 2.45) is 0 Å². The molecule has 0 aliphatic heterocycles. The first-order valence-corrected chi connectivity index (χ1v) is 3.79. The predicted molar refractivity (Wildman–Crippen MR) is 48.8 cm³/mol. The van der Waals surface area contributed by atoms with Crippen molar-refractivity contribution in [3.05, 3.63) is 34.6 Å². The zero-order valence-corrected chi connectivity index (χ0v) is 7.44. The van der Waals surface area contributed by atoms with E-state index < -0.39 is 0 Å². The van der Waals surface area contributed by atoms with Crippen molar-refractivity contribution < 1.29 is 0 Å². The molecule has 0 saturated heterocycles. The largest absolute Gasteiger partial charge is 0.241 e. The molecule has 0 atom stereocenters. The van der Waals surface area contributed by atoms with Crippen LogP contribution in [-0.2, 0) is 0 Å². The maximum Gasteiger partial charge on any atom is 0.136 e. The van der Waals surface area contributed by atoms with E-state index in [0.29, 0.717) is 5.15 Å². The molecular weight excluding hydrogens is 158 g/mol. The molecule has 0 unspecified atom stereocenters. The van der Waals surface area contributed by atoms with Gasteiger partial charge in [-0.15, -0.1) is 0 Å². The number of rotatable bonds is 1. The van der Waals surface area contributed by atoms with Gasteiger partial charge in [0.05, 0.1) is 0 Å². The van der Waals surface area contributed by atoms with E-state index in [0.717, 1.165) is 16.8 Å². The zero-order valence-electron chi connectivity index (χ0n) is 6.69. The molecule has 2 heteroatoms. The molecule has 1 rings (SSSR count). The monoisotopic (exact) mass is 167 g/mol. The Morgan fingerprint density at radius 2 is 2.18 bits per heavy atom. The third-order valence-corrected chi connectivity index (χ3v) is 1.84. The summed E-state index contributed by atoms with van der Waals surface area (Å²) in [6.45, 7) is 7.58. The first-order valence-electron chi connectivity index (χ1n) is 3.41. The average molecular weight is 168 g/mol. The Labute approximate surface area is 71.7 Å². The van der Waals surface area contributed by atoms with Gasteiger partial charge in [0, 0.05) is 11.3 Å². The Morgan fingerprint density at radius 1 is 1.55 bits per heavy atom. The maximum atomic E-state index is 5.85. The van der Waals surface area contributed by atoms with Crippen molar-refractivity contribution >= 4 is 17.7 Å². The summed E-state index contributed by atoms with van der Waals surface area (Å²) >= 11 is 5.85. The highest BCUT2D eigenvalue weighted by Gasteiger charge is 2.01. The molecule has 1 nitrogen and oxygen atoms in total. The van der Waals surface area contributed by atoms with Crippen LogP contribution >= 0.6 is 11.6 Å². The van der Waals surface area contributed by atoms with Gasteiger partial charge in [0.15, 0.2) is 0 Å². The van der Waals surface area contributed by atoms with Gasteiger partial charge in [0.2, 0.25) is 0 Å². The van der Waals surface area contributed by atoms with Crippen LogP contribution in [0.25, 0.3) is 6.08 Å². The average Bonchev–Trinajstić information content (AvgIpc) is 1.85. The second-order valence-corrected chi connectivity index (χ2v) is 2.85. The standard InChI is InChI=1S/C9H10ClN/c1-4-8-6(2)5-7(3)11-9(8)10/h4-5H,1H2,2-3H3. The van der Waals surface area contributed by atoms with Gasteiger partial charge in [0.1, 0.15) is 5.15 Å². The summed E-state index contributed by atoms with van der Waals surface area (Å²) in [5.74, 6) is 0. The quantitative estimate of drug-likeness (QED) is 0.586. The van der Waals surface area contributed by atoms with E-state index in [-0.39, 0.29) is 0 Å². The summed E-state index contributed by atoms with van der Waals surface area (Å²) in [5.41, 5.74) is 2.99. The number of hydrogen-bond donors (Lipinski definition) is 0. The van der Waals surface area contributed by atoms with E-state index in [2.05, 4.69) is 11.6 Å². The minimum Gasteiger partial charge on any atom is -0.241 e. The van der Waals surface area contributed by atoms with E-state index in [1.54, 1.807) is 6.08 Å². The van der Waals surface area contributed by atoms with E-state index >= 15 is 0 Å². The highest BCUT2D eigenvalue weighted by molar-refractivity contribution is 6.31. The molecule has 1 aromatic rings. The molecule has 0 aromatic carbocycles. The van der Waals surface area contributed by atoms with Crippen molar-refractivity contribution in [1.82, 2.24) is 4.98 Å².